The first-order chi connectivity index (χ1) is 10.5. The van der Waals surface area contributed by atoms with Crippen LogP contribution in [0.15, 0.2) is 48.5 Å². The monoisotopic (exact) mass is 332 g/mol. The Bertz CT molecular complexity index is 884. The highest BCUT2D eigenvalue weighted by Crippen LogP contribution is 2.22. The highest BCUT2D eigenvalue weighted by Gasteiger charge is 2.10. The number of aromatic nitrogens is 2. The maximum Gasteiger partial charge on any atom is 0.269 e. The third-order valence-electron chi connectivity index (χ3n) is 2.97. The Morgan fingerprint density at radius 1 is 1.14 bits per heavy atom. The average molecular weight is 333 g/mol. The van der Waals surface area contributed by atoms with E-state index in [2.05, 4.69) is 5.10 Å². The van der Waals surface area contributed by atoms with E-state index in [-0.39, 0.29) is 10.5 Å². The van der Waals surface area contributed by atoms with Crippen LogP contribution in [0.1, 0.15) is 0 Å². The van der Waals surface area contributed by atoms with Crippen LogP contribution in [-0.4, -0.2) is 14.7 Å². The maximum absolute atomic E-state index is 10.7. The Morgan fingerprint density at radius 2 is 1.77 bits per heavy atom. The van der Waals surface area contributed by atoms with Gasteiger partial charge in [-0.3, -0.25) is 15.5 Å². The molecule has 0 unspecified atom stereocenters. The van der Waals surface area contributed by atoms with E-state index in [1.54, 1.807) is 24.3 Å². The summed E-state index contributed by atoms with van der Waals surface area (Å²) in [4.78, 5) is 10.4. The molecule has 1 N–H and O–H groups in total. The summed E-state index contributed by atoms with van der Waals surface area (Å²) >= 11 is 7.08. The number of non-ortho nitro benzene ring substituents is 1. The van der Waals surface area contributed by atoms with Crippen LogP contribution >= 0.6 is 22.9 Å². The van der Waals surface area contributed by atoms with Gasteiger partial charge in [-0.05, 0) is 24.3 Å². The molecule has 0 amide bonds. The molecule has 0 bridgehead atoms. The number of rotatable bonds is 3. The SMILES string of the molecule is N=c1sc(-c2ccc(Cl)cc2)nn1-c1ccc([N+](=O)[O-])cc1. The average Bonchev–Trinajstić information content (AvgIpc) is 2.90. The minimum Gasteiger partial charge on any atom is -0.273 e. The standard InChI is InChI=1S/C14H9ClN4O2S/c15-10-3-1-9(2-4-10)13-17-18(14(16)22-13)11-5-7-12(8-6-11)19(20)21/h1-8,16H. The number of nitro benzene ring substituents is 1. The van der Waals surface area contributed by atoms with E-state index in [9.17, 15) is 10.1 Å². The second-order valence-electron chi connectivity index (χ2n) is 4.40. The predicted octanol–water partition coefficient (Wildman–Crippen LogP) is 3.64. The molecule has 1 heterocycles. The molecule has 0 fully saturated rings. The molecule has 3 rings (SSSR count). The third kappa shape index (κ3) is 2.76. The summed E-state index contributed by atoms with van der Waals surface area (Å²) in [6.45, 7) is 0. The summed E-state index contributed by atoms with van der Waals surface area (Å²) in [6, 6.07) is 13.1. The van der Waals surface area contributed by atoms with Gasteiger partial charge in [-0.25, -0.2) is 4.68 Å². The van der Waals surface area contributed by atoms with Crippen molar-refractivity contribution in [3.05, 3.63) is 68.5 Å². The van der Waals surface area contributed by atoms with E-state index in [1.165, 1.54) is 28.2 Å². The number of benzene rings is 2. The lowest BCUT2D eigenvalue weighted by atomic mass is 10.2. The van der Waals surface area contributed by atoms with Gasteiger partial charge >= 0.3 is 0 Å². The minimum atomic E-state index is -0.462. The first-order valence-corrected chi connectivity index (χ1v) is 7.39. The quantitative estimate of drug-likeness (QED) is 0.587. The fraction of sp³-hybridized carbons (Fsp3) is 0. The minimum absolute atomic E-state index is 0.00374. The van der Waals surface area contributed by atoms with Gasteiger partial charge in [0.25, 0.3) is 5.69 Å². The van der Waals surface area contributed by atoms with Gasteiger partial charge in [-0.15, -0.1) is 0 Å². The van der Waals surface area contributed by atoms with Gasteiger partial charge in [0, 0.05) is 22.7 Å². The van der Waals surface area contributed by atoms with Crippen LogP contribution in [0.2, 0.25) is 5.02 Å². The molecular weight excluding hydrogens is 324 g/mol. The molecule has 1 aromatic heterocycles. The Hall–Kier alpha value is -2.51. The fourth-order valence-corrected chi connectivity index (χ4v) is 2.81. The van der Waals surface area contributed by atoms with E-state index >= 15 is 0 Å². The summed E-state index contributed by atoms with van der Waals surface area (Å²) in [5, 5.41) is 24.4. The van der Waals surface area contributed by atoms with Crippen molar-refractivity contribution in [3.8, 4) is 16.3 Å². The summed E-state index contributed by atoms with van der Waals surface area (Å²) in [5.74, 6) is 0. The number of halogens is 1. The molecule has 0 aliphatic rings. The molecule has 0 spiro atoms. The Kier molecular flexibility index (Phi) is 3.74. The normalized spacial score (nSPS) is 10.6. The van der Waals surface area contributed by atoms with Crippen molar-refractivity contribution >= 4 is 28.6 Å². The molecule has 8 heteroatoms. The zero-order valence-corrected chi connectivity index (χ0v) is 12.6. The Labute approximate surface area is 133 Å². The lowest BCUT2D eigenvalue weighted by Gasteiger charge is -2.00. The van der Waals surface area contributed by atoms with Crippen LogP contribution in [0.4, 0.5) is 5.69 Å². The lowest BCUT2D eigenvalue weighted by Crippen LogP contribution is -2.12. The van der Waals surface area contributed by atoms with Gasteiger partial charge in [-0.1, -0.05) is 35.1 Å². The molecule has 3 aromatic rings. The van der Waals surface area contributed by atoms with Crippen LogP contribution < -0.4 is 4.80 Å². The topological polar surface area (TPSA) is 84.8 Å². The number of hydrogen-bond acceptors (Lipinski definition) is 5. The smallest absolute Gasteiger partial charge is 0.269 e. The maximum atomic E-state index is 10.7. The molecule has 0 atom stereocenters. The molecule has 0 saturated carbocycles. The molecule has 2 aromatic carbocycles. The van der Waals surface area contributed by atoms with E-state index in [0.29, 0.717) is 15.7 Å². The van der Waals surface area contributed by atoms with Crippen LogP contribution in [0.5, 0.6) is 0 Å². The zero-order chi connectivity index (χ0) is 15.7. The molecule has 0 radical (unpaired) electrons. The largest absolute Gasteiger partial charge is 0.273 e. The predicted molar refractivity (Wildman–Crippen MR) is 84.4 cm³/mol. The van der Waals surface area contributed by atoms with Gasteiger partial charge in [0.2, 0.25) is 4.80 Å². The Morgan fingerprint density at radius 3 is 2.36 bits per heavy atom. The summed E-state index contributed by atoms with van der Waals surface area (Å²) in [6.07, 6.45) is 0. The number of nitrogens with one attached hydrogen (secondary N) is 1. The Balaban J connectivity index is 2.00. The van der Waals surface area contributed by atoms with Crippen LogP contribution in [-0.2, 0) is 0 Å². The molecule has 6 nitrogen and oxygen atoms in total. The number of nitro groups is 1. The molecule has 22 heavy (non-hydrogen) atoms. The highest BCUT2D eigenvalue weighted by atomic mass is 35.5. The van der Waals surface area contributed by atoms with Crippen molar-refractivity contribution in [2.75, 3.05) is 0 Å². The first kappa shape index (κ1) is 14.4. The van der Waals surface area contributed by atoms with Gasteiger partial charge < -0.3 is 0 Å². The van der Waals surface area contributed by atoms with Crippen molar-refractivity contribution in [1.82, 2.24) is 9.78 Å². The van der Waals surface area contributed by atoms with E-state index in [1.807, 2.05) is 12.1 Å². The van der Waals surface area contributed by atoms with Gasteiger partial charge in [0.1, 0.15) is 5.01 Å². The van der Waals surface area contributed by atoms with E-state index in [0.717, 1.165) is 5.56 Å². The lowest BCUT2D eigenvalue weighted by molar-refractivity contribution is -0.384. The van der Waals surface area contributed by atoms with Crippen molar-refractivity contribution in [3.63, 3.8) is 0 Å². The second kappa shape index (κ2) is 5.70. The summed E-state index contributed by atoms with van der Waals surface area (Å²) in [7, 11) is 0. The molecule has 0 aliphatic heterocycles. The van der Waals surface area contributed by atoms with E-state index in [4.69, 9.17) is 17.0 Å². The molecule has 110 valence electrons. The van der Waals surface area contributed by atoms with Crippen molar-refractivity contribution in [1.29, 1.82) is 5.41 Å². The fourth-order valence-electron chi connectivity index (χ4n) is 1.89. The van der Waals surface area contributed by atoms with Crippen molar-refractivity contribution in [2.45, 2.75) is 0 Å². The van der Waals surface area contributed by atoms with Gasteiger partial charge in [0.05, 0.1) is 10.6 Å². The zero-order valence-electron chi connectivity index (χ0n) is 11.1. The summed E-state index contributed by atoms with van der Waals surface area (Å²) < 4.78 is 1.44. The van der Waals surface area contributed by atoms with Crippen LogP contribution in [0.3, 0.4) is 0 Å². The molecule has 0 saturated heterocycles. The second-order valence-corrected chi connectivity index (χ2v) is 5.82. The van der Waals surface area contributed by atoms with Crippen LogP contribution in [0, 0.1) is 15.5 Å². The van der Waals surface area contributed by atoms with Crippen LogP contribution in [0.25, 0.3) is 16.3 Å². The number of hydrogen-bond donors (Lipinski definition) is 1. The van der Waals surface area contributed by atoms with Gasteiger partial charge in [-0.2, -0.15) is 5.10 Å². The molecular formula is C14H9ClN4O2S. The molecule has 0 aliphatic carbocycles. The summed E-state index contributed by atoms with van der Waals surface area (Å²) in [5.41, 5.74) is 1.47. The third-order valence-corrected chi connectivity index (χ3v) is 4.10. The van der Waals surface area contributed by atoms with E-state index < -0.39 is 4.92 Å². The number of nitrogens with zero attached hydrogens (tertiary/aromatic N) is 3. The highest BCUT2D eigenvalue weighted by molar-refractivity contribution is 7.12. The van der Waals surface area contributed by atoms with Crippen molar-refractivity contribution < 1.29 is 4.92 Å². The van der Waals surface area contributed by atoms with Crippen molar-refractivity contribution in [2.24, 2.45) is 0 Å². The first-order valence-electron chi connectivity index (χ1n) is 6.20. The van der Waals surface area contributed by atoms with Gasteiger partial charge in [0.15, 0.2) is 0 Å².